The summed E-state index contributed by atoms with van der Waals surface area (Å²) in [5, 5.41) is 0. The summed E-state index contributed by atoms with van der Waals surface area (Å²) in [6.45, 7) is 6.09. The maximum Gasteiger partial charge on any atom is 0.309 e. The van der Waals surface area contributed by atoms with E-state index in [-0.39, 0.29) is 18.0 Å². The lowest BCUT2D eigenvalue weighted by Gasteiger charge is -2.24. The normalized spacial score (nSPS) is 28.5. The molecule has 1 aliphatic carbocycles. The van der Waals surface area contributed by atoms with E-state index < -0.39 is 0 Å². The van der Waals surface area contributed by atoms with Crippen LogP contribution in [0.1, 0.15) is 40.0 Å². The summed E-state index contributed by atoms with van der Waals surface area (Å²) >= 11 is 0. The summed E-state index contributed by atoms with van der Waals surface area (Å²) in [5.41, 5.74) is 0. The van der Waals surface area contributed by atoms with Crippen LogP contribution in [0.25, 0.3) is 0 Å². The molecular formula is C12H20O2. The van der Waals surface area contributed by atoms with Gasteiger partial charge in [-0.25, -0.2) is 0 Å². The van der Waals surface area contributed by atoms with Crippen molar-refractivity contribution in [3.8, 4) is 0 Å². The van der Waals surface area contributed by atoms with Crippen molar-refractivity contribution >= 4 is 5.97 Å². The zero-order valence-corrected chi connectivity index (χ0v) is 9.32. The van der Waals surface area contributed by atoms with Crippen molar-refractivity contribution in [1.29, 1.82) is 0 Å². The van der Waals surface area contributed by atoms with Gasteiger partial charge in [-0.3, -0.25) is 4.79 Å². The standard InChI is InChI=1S/C12H20O2/c1-4-10(3)14-12(13)11-8-6-5-7-9(11)2/h5-6,9-11H,4,7-8H2,1-3H3/t9-,10?,11-/m1/s1. The highest BCUT2D eigenvalue weighted by atomic mass is 16.5. The Hall–Kier alpha value is -0.790. The minimum Gasteiger partial charge on any atom is -0.462 e. The second-order valence-corrected chi connectivity index (χ2v) is 4.18. The summed E-state index contributed by atoms with van der Waals surface area (Å²) in [6.07, 6.45) is 7.03. The lowest BCUT2D eigenvalue weighted by Crippen LogP contribution is -2.28. The third-order valence-corrected chi connectivity index (χ3v) is 2.95. The molecule has 3 atom stereocenters. The Morgan fingerprint density at radius 3 is 2.71 bits per heavy atom. The molecule has 0 aromatic rings. The molecule has 0 aromatic carbocycles. The number of carbonyl (C=O) groups excluding carboxylic acids is 1. The van der Waals surface area contributed by atoms with Crippen molar-refractivity contribution in [2.75, 3.05) is 0 Å². The van der Waals surface area contributed by atoms with Crippen molar-refractivity contribution < 1.29 is 9.53 Å². The molecule has 80 valence electrons. The van der Waals surface area contributed by atoms with E-state index in [1.54, 1.807) is 0 Å². The lowest BCUT2D eigenvalue weighted by atomic mass is 9.84. The fourth-order valence-corrected chi connectivity index (χ4v) is 1.65. The molecule has 0 heterocycles. The van der Waals surface area contributed by atoms with Gasteiger partial charge in [0.1, 0.15) is 0 Å². The van der Waals surface area contributed by atoms with Gasteiger partial charge in [-0.15, -0.1) is 0 Å². The smallest absolute Gasteiger partial charge is 0.309 e. The highest BCUT2D eigenvalue weighted by molar-refractivity contribution is 5.73. The second kappa shape index (κ2) is 5.18. The summed E-state index contributed by atoms with van der Waals surface area (Å²) in [6, 6.07) is 0. The van der Waals surface area contributed by atoms with Crippen LogP contribution in [0.4, 0.5) is 0 Å². The van der Waals surface area contributed by atoms with E-state index >= 15 is 0 Å². The van der Waals surface area contributed by atoms with Crippen LogP contribution < -0.4 is 0 Å². The first kappa shape index (κ1) is 11.3. The third kappa shape index (κ3) is 2.86. The molecule has 14 heavy (non-hydrogen) atoms. The van der Waals surface area contributed by atoms with Crippen LogP contribution in [0.3, 0.4) is 0 Å². The van der Waals surface area contributed by atoms with E-state index in [2.05, 4.69) is 19.1 Å². The highest BCUT2D eigenvalue weighted by Gasteiger charge is 2.27. The molecule has 1 aliphatic rings. The fraction of sp³-hybridized carbons (Fsp3) is 0.750. The van der Waals surface area contributed by atoms with Crippen molar-refractivity contribution in [3.63, 3.8) is 0 Å². The average Bonchev–Trinajstić information content (AvgIpc) is 2.18. The summed E-state index contributed by atoms with van der Waals surface area (Å²) in [4.78, 5) is 11.7. The van der Waals surface area contributed by atoms with Crippen LogP contribution in [0.5, 0.6) is 0 Å². The van der Waals surface area contributed by atoms with Gasteiger partial charge in [0.2, 0.25) is 0 Å². The first-order valence-electron chi connectivity index (χ1n) is 5.50. The van der Waals surface area contributed by atoms with Crippen LogP contribution in [-0.4, -0.2) is 12.1 Å². The SMILES string of the molecule is CCC(C)OC(=O)[C@@H]1CC=CC[C@H]1C. The Kier molecular flexibility index (Phi) is 4.18. The predicted octanol–water partition coefficient (Wildman–Crippen LogP) is 2.93. The van der Waals surface area contributed by atoms with Crippen LogP contribution in [0.15, 0.2) is 12.2 Å². The Labute approximate surface area is 86.3 Å². The summed E-state index contributed by atoms with van der Waals surface area (Å²) < 4.78 is 5.34. The molecule has 0 N–H and O–H groups in total. The highest BCUT2D eigenvalue weighted by Crippen LogP contribution is 2.26. The largest absolute Gasteiger partial charge is 0.462 e. The summed E-state index contributed by atoms with van der Waals surface area (Å²) in [5.74, 6) is 0.488. The monoisotopic (exact) mass is 196 g/mol. The van der Waals surface area contributed by atoms with Gasteiger partial charge in [0.05, 0.1) is 12.0 Å². The number of rotatable bonds is 3. The lowest BCUT2D eigenvalue weighted by molar-refractivity contribution is -0.155. The molecule has 2 heteroatoms. The molecule has 0 saturated carbocycles. The molecule has 1 rings (SSSR count). The van der Waals surface area contributed by atoms with Crippen molar-refractivity contribution in [1.82, 2.24) is 0 Å². The minimum atomic E-state index is -0.0174. The average molecular weight is 196 g/mol. The van der Waals surface area contributed by atoms with Crippen LogP contribution in [0, 0.1) is 11.8 Å². The van der Waals surface area contributed by atoms with Crippen LogP contribution >= 0.6 is 0 Å². The Morgan fingerprint density at radius 2 is 2.14 bits per heavy atom. The molecule has 2 nitrogen and oxygen atoms in total. The third-order valence-electron chi connectivity index (χ3n) is 2.95. The van der Waals surface area contributed by atoms with Gasteiger partial charge < -0.3 is 4.74 Å². The van der Waals surface area contributed by atoms with E-state index in [1.807, 2.05) is 13.8 Å². The number of ether oxygens (including phenoxy) is 1. The molecular weight excluding hydrogens is 176 g/mol. The molecule has 0 saturated heterocycles. The van der Waals surface area contributed by atoms with Gasteiger partial charge in [0.25, 0.3) is 0 Å². The molecule has 0 aliphatic heterocycles. The number of allylic oxidation sites excluding steroid dienone is 2. The van der Waals surface area contributed by atoms with Crippen molar-refractivity contribution in [2.45, 2.75) is 46.1 Å². The van der Waals surface area contributed by atoms with Crippen LogP contribution in [0.2, 0.25) is 0 Å². The van der Waals surface area contributed by atoms with Gasteiger partial charge >= 0.3 is 5.97 Å². The van der Waals surface area contributed by atoms with Crippen molar-refractivity contribution in [3.05, 3.63) is 12.2 Å². The van der Waals surface area contributed by atoms with Gasteiger partial charge in [-0.2, -0.15) is 0 Å². The zero-order valence-electron chi connectivity index (χ0n) is 9.32. The second-order valence-electron chi connectivity index (χ2n) is 4.18. The van der Waals surface area contributed by atoms with Gasteiger partial charge in [0, 0.05) is 0 Å². The number of hydrogen-bond acceptors (Lipinski definition) is 2. The molecule has 0 bridgehead atoms. The molecule has 1 unspecified atom stereocenters. The maximum absolute atomic E-state index is 11.7. The van der Waals surface area contributed by atoms with E-state index in [1.165, 1.54) is 0 Å². The fourth-order valence-electron chi connectivity index (χ4n) is 1.65. The molecule has 0 radical (unpaired) electrons. The maximum atomic E-state index is 11.7. The minimum absolute atomic E-state index is 0.0174. The topological polar surface area (TPSA) is 26.3 Å². The quantitative estimate of drug-likeness (QED) is 0.512. The van der Waals surface area contributed by atoms with Gasteiger partial charge in [0.15, 0.2) is 0 Å². The first-order chi connectivity index (χ1) is 6.65. The van der Waals surface area contributed by atoms with E-state index in [9.17, 15) is 4.79 Å². The molecule has 0 fully saturated rings. The predicted molar refractivity (Wildman–Crippen MR) is 56.9 cm³/mol. The molecule has 0 spiro atoms. The van der Waals surface area contributed by atoms with E-state index in [0.29, 0.717) is 5.92 Å². The number of hydrogen-bond donors (Lipinski definition) is 0. The molecule has 0 aromatic heterocycles. The Balaban J connectivity index is 2.47. The Morgan fingerprint density at radius 1 is 1.50 bits per heavy atom. The van der Waals surface area contributed by atoms with E-state index in [4.69, 9.17) is 4.74 Å². The first-order valence-corrected chi connectivity index (χ1v) is 5.50. The Bertz CT molecular complexity index is 220. The summed E-state index contributed by atoms with van der Waals surface area (Å²) in [7, 11) is 0. The zero-order chi connectivity index (χ0) is 10.6. The van der Waals surface area contributed by atoms with Gasteiger partial charge in [-0.1, -0.05) is 26.0 Å². The van der Waals surface area contributed by atoms with Gasteiger partial charge in [-0.05, 0) is 32.1 Å². The van der Waals surface area contributed by atoms with Crippen LogP contribution in [-0.2, 0) is 9.53 Å². The van der Waals surface area contributed by atoms with E-state index in [0.717, 1.165) is 19.3 Å². The van der Waals surface area contributed by atoms with Crippen molar-refractivity contribution in [2.24, 2.45) is 11.8 Å². The number of carbonyl (C=O) groups is 1. The molecule has 0 amide bonds. The number of esters is 1.